The first-order valence-corrected chi connectivity index (χ1v) is 14.4. The molecule has 8 rings (SSSR count). The van der Waals surface area contributed by atoms with Crippen LogP contribution in [0.5, 0.6) is 0 Å². The maximum Gasteiger partial charge on any atom is 0.187 e. The van der Waals surface area contributed by atoms with Gasteiger partial charge in [-0.25, -0.2) is 24.8 Å². The Kier molecular flexibility index (Phi) is 6.10. The number of hydrogen-bond acceptors (Lipinski definition) is 4. The molecule has 2 aromatic heterocycles. The van der Waals surface area contributed by atoms with Crippen molar-refractivity contribution >= 4 is 38.1 Å². The lowest BCUT2D eigenvalue weighted by atomic mass is 9.94. The van der Waals surface area contributed by atoms with Crippen LogP contribution in [0, 0.1) is 6.57 Å². The van der Waals surface area contributed by atoms with Gasteiger partial charge in [0.25, 0.3) is 0 Å². The largest absolute Gasteiger partial charge is 0.247 e. The van der Waals surface area contributed by atoms with E-state index in [2.05, 4.69) is 59.4 Å². The SMILES string of the molecule is [C-]#[N+]c1ccc(-c2nc3cc(-c4nc(-c5ccccc5)nc(-c5ccccc5)n4)ccc3c3c2ccc2ccccc23)cc1. The minimum atomic E-state index is 0.586. The molecule has 0 saturated carbocycles. The van der Waals surface area contributed by atoms with Crippen LogP contribution in [0.4, 0.5) is 5.69 Å². The molecule has 0 amide bonds. The van der Waals surface area contributed by atoms with Crippen LogP contribution in [-0.2, 0) is 0 Å². The molecule has 0 unspecified atom stereocenters. The van der Waals surface area contributed by atoms with Gasteiger partial charge in [-0.1, -0.05) is 133 Å². The van der Waals surface area contributed by atoms with E-state index in [0.29, 0.717) is 23.2 Å². The fraction of sp³-hybridized carbons (Fsp3) is 0. The van der Waals surface area contributed by atoms with Gasteiger partial charge in [-0.2, -0.15) is 0 Å². The van der Waals surface area contributed by atoms with Gasteiger partial charge in [-0.3, -0.25) is 0 Å². The summed E-state index contributed by atoms with van der Waals surface area (Å²) < 4.78 is 0. The summed E-state index contributed by atoms with van der Waals surface area (Å²) in [6, 6.07) is 46.7. The molecule has 0 atom stereocenters. The summed E-state index contributed by atoms with van der Waals surface area (Å²) in [5, 5.41) is 5.61. The van der Waals surface area contributed by atoms with Crippen LogP contribution in [0.2, 0.25) is 0 Å². The van der Waals surface area contributed by atoms with E-state index in [1.165, 1.54) is 10.8 Å². The Labute approximate surface area is 254 Å². The van der Waals surface area contributed by atoms with E-state index in [0.717, 1.165) is 49.6 Å². The maximum absolute atomic E-state index is 7.39. The molecule has 0 radical (unpaired) electrons. The first-order valence-electron chi connectivity index (χ1n) is 14.4. The molecule has 0 fully saturated rings. The van der Waals surface area contributed by atoms with Gasteiger partial charge >= 0.3 is 0 Å². The monoisotopic (exact) mass is 561 g/mol. The predicted octanol–water partition coefficient (Wildman–Crippen LogP) is 9.94. The molecule has 0 aliphatic heterocycles. The van der Waals surface area contributed by atoms with Crippen LogP contribution < -0.4 is 0 Å². The number of pyridine rings is 1. The minimum absolute atomic E-state index is 0.586. The summed E-state index contributed by atoms with van der Waals surface area (Å²) in [4.78, 5) is 23.5. The topological polar surface area (TPSA) is 55.9 Å². The van der Waals surface area contributed by atoms with Gasteiger partial charge in [0, 0.05) is 32.8 Å². The molecule has 44 heavy (non-hydrogen) atoms. The van der Waals surface area contributed by atoms with E-state index >= 15 is 0 Å². The minimum Gasteiger partial charge on any atom is -0.247 e. The van der Waals surface area contributed by atoms with Crippen LogP contribution in [-0.4, -0.2) is 19.9 Å². The number of rotatable bonds is 4. The number of fused-ring (bicyclic) bond motifs is 5. The van der Waals surface area contributed by atoms with Crippen molar-refractivity contribution in [3.05, 3.63) is 151 Å². The van der Waals surface area contributed by atoms with Crippen LogP contribution in [0.15, 0.2) is 140 Å². The molecule has 8 aromatic rings. The third-order valence-electron chi connectivity index (χ3n) is 7.91. The fourth-order valence-electron chi connectivity index (χ4n) is 5.77. The van der Waals surface area contributed by atoms with Crippen LogP contribution in [0.3, 0.4) is 0 Å². The van der Waals surface area contributed by atoms with E-state index in [1.807, 2.05) is 84.9 Å². The van der Waals surface area contributed by atoms with Crippen molar-refractivity contribution in [2.75, 3.05) is 0 Å². The van der Waals surface area contributed by atoms with Crippen LogP contribution >= 0.6 is 0 Å². The summed E-state index contributed by atoms with van der Waals surface area (Å²) in [5.74, 6) is 1.82. The third-order valence-corrected chi connectivity index (χ3v) is 7.91. The number of benzene rings is 6. The highest BCUT2D eigenvalue weighted by atomic mass is 15.0. The molecule has 0 saturated heterocycles. The molecule has 5 heteroatoms. The lowest BCUT2D eigenvalue weighted by molar-refractivity contribution is 1.07. The zero-order chi connectivity index (χ0) is 29.5. The quantitative estimate of drug-likeness (QED) is 0.158. The Morgan fingerprint density at radius 3 is 1.66 bits per heavy atom. The molecule has 2 heterocycles. The summed E-state index contributed by atoms with van der Waals surface area (Å²) in [5.41, 5.74) is 5.99. The van der Waals surface area contributed by atoms with E-state index < -0.39 is 0 Å². The summed E-state index contributed by atoms with van der Waals surface area (Å²) in [6.45, 7) is 7.39. The van der Waals surface area contributed by atoms with E-state index in [-0.39, 0.29) is 0 Å². The van der Waals surface area contributed by atoms with Gasteiger partial charge in [-0.05, 0) is 22.4 Å². The summed E-state index contributed by atoms with van der Waals surface area (Å²) in [7, 11) is 0. The zero-order valence-corrected chi connectivity index (χ0v) is 23.5. The average molecular weight is 562 g/mol. The smallest absolute Gasteiger partial charge is 0.187 e. The van der Waals surface area contributed by atoms with Gasteiger partial charge in [0.15, 0.2) is 23.2 Å². The Hall–Kier alpha value is -6.25. The number of nitrogens with zero attached hydrogens (tertiary/aromatic N) is 5. The molecule has 5 nitrogen and oxygen atoms in total. The second kappa shape index (κ2) is 10.5. The van der Waals surface area contributed by atoms with Crippen LogP contribution in [0.25, 0.3) is 82.7 Å². The van der Waals surface area contributed by atoms with Crippen LogP contribution in [0.1, 0.15) is 0 Å². The Morgan fingerprint density at radius 1 is 0.432 bits per heavy atom. The highest BCUT2D eigenvalue weighted by Crippen LogP contribution is 2.38. The zero-order valence-electron chi connectivity index (χ0n) is 23.5. The highest BCUT2D eigenvalue weighted by Gasteiger charge is 2.16. The lowest BCUT2D eigenvalue weighted by Gasteiger charge is -2.14. The maximum atomic E-state index is 7.39. The van der Waals surface area contributed by atoms with Crippen molar-refractivity contribution in [2.45, 2.75) is 0 Å². The lowest BCUT2D eigenvalue weighted by Crippen LogP contribution is -2.00. The molecule has 0 aliphatic carbocycles. The highest BCUT2D eigenvalue weighted by molar-refractivity contribution is 6.22. The summed E-state index contributed by atoms with van der Waals surface area (Å²) >= 11 is 0. The van der Waals surface area contributed by atoms with Crippen molar-refractivity contribution < 1.29 is 0 Å². The first-order chi connectivity index (χ1) is 21.7. The first kappa shape index (κ1) is 25.5. The number of aromatic nitrogens is 4. The second-order valence-electron chi connectivity index (χ2n) is 10.6. The summed E-state index contributed by atoms with van der Waals surface area (Å²) in [6.07, 6.45) is 0. The molecule has 204 valence electrons. The molecule has 0 bridgehead atoms. The van der Waals surface area contributed by atoms with Gasteiger partial charge in [0.05, 0.1) is 17.8 Å². The Morgan fingerprint density at radius 2 is 1.00 bits per heavy atom. The number of hydrogen-bond donors (Lipinski definition) is 0. The average Bonchev–Trinajstić information content (AvgIpc) is 3.11. The van der Waals surface area contributed by atoms with Crippen molar-refractivity contribution in [3.8, 4) is 45.4 Å². The van der Waals surface area contributed by atoms with E-state index in [1.54, 1.807) is 0 Å². The molecular weight excluding hydrogens is 538 g/mol. The van der Waals surface area contributed by atoms with Gasteiger partial charge in [0.2, 0.25) is 0 Å². The molecule has 6 aromatic carbocycles. The van der Waals surface area contributed by atoms with Gasteiger partial charge in [-0.15, -0.1) is 0 Å². The standard InChI is InChI=1S/C39H23N5/c1-40-30-20-16-26(17-21-30)36-33-23-18-25-10-8-9-15-31(25)35(33)32-22-19-29(24-34(32)41-36)39-43-37(27-11-4-2-5-12-27)42-38(44-39)28-13-6-3-7-14-28/h2-24H. The fourth-order valence-corrected chi connectivity index (χ4v) is 5.77. The van der Waals surface area contributed by atoms with Gasteiger partial charge < -0.3 is 0 Å². The predicted molar refractivity (Wildman–Crippen MR) is 178 cm³/mol. The van der Waals surface area contributed by atoms with E-state index in [9.17, 15) is 0 Å². The Bertz CT molecular complexity index is 2320. The second-order valence-corrected chi connectivity index (χ2v) is 10.6. The Balaban J connectivity index is 1.39. The van der Waals surface area contributed by atoms with Crippen molar-refractivity contribution in [2.24, 2.45) is 0 Å². The molecule has 0 spiro atoms. The van der Waals surface area contributed by atoms with Gasteiger partial charge in [0.1, 0.15) is 0 Å². The molecular formula is C39H23N5. The molecule has 0 aliphatic rings. The van der Waals surface area contributed by atoms with Crippen molar-refractivity contribution in [1.29, 1.82) is 0 Å². The molecule has 0 N–H and O–H groups in total. The van der Waals surface area contributed by atoms with Crippen molar-refractivity contribution in [3.63, 3.8) is 0 Å². The third kappa shape index (κ3) is 4.43. The van der Waals surface area contributed by atoms with Crippen molar-refractivity contribution in [1.82, 2.24) is 19.9 Å². The van der Waals surface area contributed by atoms with E-state index in [4.69, 9.17) is 26.5 Å². The normalized spacial score (nSPS) is 11.2.